The Hall–Kier alpha value is -2.94. The molecule has 15 atom stereocenters. The number of ether oxygens (including phenoxy) is 8. The fraction of sp³-hybridized carbons (Fsp3) is 0.689. The summed E-state index contributed by atoms with van der Waals surface area (Å²) in [4.78, 5) is 25.5. The standard InChI is InChI=1S/C45H64O12/c1-25(2)40-28(5)17-18-44(57-40)23-34-21-33(56-44)16-15-27(4)41(55-38-22-37(50-9)35(30(7)53-38)14-11-19-51-31(8)46)26(3)12-10-13-32-24-52-42-39(47)29(6)20-36(43(48)54-34)45(32,42)49/h10-13,15,17-20,25-26,28,30,33-42,47,49H,14,16,21-24H2,1-9H3/b12-10+,19-11+,27-15+,32-13+/t26-,28-,30-,33+,34-,35-,36-,37-,38-,39+,40+,41-,42+,44+,45+/m0/s1. The first-order valence-corrected chi connectivity index (χ1v) is 20.7. The lowest BCUT2D eigenvalue weighted by atomic mass is 9.71. The van der Waals surface area contributed by atoms with Crippen LogP contribution in [0.1, 0.15) is 87.5 Å². The van der Waals surface area contributed by atoms with E-state index in [0.717, 1.165) is 5.57 Å². The van der Waals surface area contributed by atoms with E-state index >= 15 is 0 Å². The predicted octanol–water partition coefficient (Wildman–Crippen LogP) is 6.17. The number of allylic oxidation sites excluding steroid dienone is 3. The van der Waals surface area contributed by atoms with Gasteiger partial charge in [0.1, 0.15) is 29.8 Å². The van der Waals surface area contributed by atoms with E-state index in [-0.39, 0.29) is 60.7 Å². The molecule has 57 heavy (non-hydrogen) atoms. The number of rotatable bonds is 7. The highest BCUT2D eigenvalue weighted by Gasteiger charge is 2.60. The third kappa shape index (κ3) is 9.44. The number of carbonyl (C=O) groups is 2. The van der Waals surface area contributed by atoms with Crippen molar-refractivity contribution in [2.75, 3.05) is 13.7 Å². The maximum Gasteiger partial charge on any atom is 0.316 e. The Kier molecular flexibility index (Phi) is 13.9. The molecule has 3 saturated heterocycles. The molecule has 6 aliphatic rings. The fourth-order valence-electron chi connectivity index (χ4n) is 9.54. The molecule has 2 N–H and O–H groups in total. The van der Waals surface area contributed by atoms with Crippen molar-refractivity contribution in [1.29, 1.82) is 0 Å². The van der Waals surface area contributed by atoms with Crippen LogP contribution in [-0.2, 0) is 47.5 Å². The van der Waals surface area contributed by atoms with Crippen molar-refractivity contribution < 1.29 is 57.7 Å². The van der Waals surface area contributed by atoms with E-state index in [1.807, 2.05) is 38.2 Å². The third-order valence-corrected chi connectivity index (χ3v) is 12.7. The normalized spacial score (nSPS) is 45.1. The lowest BCUT2D eigenvalue weighted by Crippen LogP contribution is -2.58. The molecule has 0 aromatic rings. The van der Waals surface area contributed by atoms with Crippen molar-refractivity contribution in [2.24, 2.45) is 29.6 Å². The first-order chi connectivity index (χ1) is 27.0. The Morgan fingerprint density at radius 2 is 1.84 bits per heavy atom. The second-order valence-electron chi connectivity index (χ2n) is 17.3. The first kappa shape index (κ1) is 43.6. The second-order valence-corrected chi connectivity index (χ2v) is 17.3. The minimum Gasteiger partial charge on any atom is -0.462 e. The van der Waals surface area contributed by atoms with Crippen LogP contribution in [0.15, 0.2) is 71.6 Å². The summed E-state index contributed by atoms with van der Waals surface area (Å²) in [6.45, 7) is 15.6. The topological polar surface area (TPSA) is 148 Å². The van der Waals surface area contributed by atoms with Crippen molar-refractivity contribution in [3.8, 4) is 0 Å². The molecule has 316 valence electrons. The largest absolute Gasteiger partial charge is 0.462 e. The molecule has 0 aromatic heterocycles. The van der Waals surface area contributed by atoms with Crippen LogP contribution in [0.4, 0.5) is 0 Å². The van der Waals surface area contributed by atoms with E-state index in [9.17, 15) is 19.8 Å². The number of esters is 2. The Bertz CT molecular complexity index is 1640. The molecule has 0 amide bonds. The highest BCUT2D eigenvalue weighted by atomic mass is 16.7. The first-order valence-electron chi connectivity index (χ1n) is 20.7. The van der Waals surface area contributed by atoms with Gasteiger partial charge in [0.25, 0.3) is 0 Å². The van der Waals surface area contributed by atoms with Crippen molar-refractivity contribution >= 4 is 11.9 Å². The lowest BCUT2D eigenvalue weighted by Gasteiger charge is -2.48. The average Bonchev–Trinajstić information content (AvgIpc) is 3.50. The Morgan fingerprint density at radius 3 is 2.56 bits per heavy atom. The summed E-state index contributed by atoms with van der Waals surface area (Å²) >= 11 is 0. The molecule has 5 aliphatic heterocycles. The minimum absolute atomic E-state index is 0.0235. The van der Waals surface area contributed by atoms with Gasteiger partial charge in [0, 0.05) is 51.0 Å². The van der Waals surface area contributed by atoms with Crippen LogP contribution >= 0.6 is 0 Å². The molecule has 0 unspecified atom stereocenters. The number of hydrogen-bond acceptors (Lipinski definition) is 12. The van der Waals surface area contributed by atoms with Crippen molar-refractivity contribution in [2.45, 2.75) is 154 Å². The SMILES string of the molecule is CO[C@H]1C[C@H](O[C@@H]2/C(C)=C/C[C@@H]3C[C@@H](C[C@]4(C=C[C@H](C)[C@@H](C(C)C)O4)O3)OC(=O)[C@@H]3C=C(C)[C@@H](O)[C@H]4OC/C(=C\C=C\[C@@H]2C)[C@]43O)O[C@@H](C)[C@@H]1C/C=C/OC(C)=O. The highest BCUT2D eigenvalue weighted by molar-refractivity contribution is 5.78. The van der Waals surface area contributed by atoms with Crippen molar-refractivity contribution in [3.63, 3.8) is 0 Å². The van der Waals surface area contributed by atoms with Gasteiger partial charge in [-0.25, -0.2) is 0 Å². The summed E-state index contributed by atoms with van der Waals surface area (Å²) in [5, 5.41) is 23.6. The number of hydrogen-bond donors (Lipinski definition) is 2. The molecule has 6 rings (SSSR count). The molecule has 1 aliphatic carbocycles. The molecule has 12 nitrogen and oxygen atoms in total. The summed E-state index contributed by atoms with van der Waals surface area (Å²) in [6, 6.07) is 0. The van der Waals surface area contributed by atoms with Gasteiger partial charge in [0.2, 0.25) is 0 Å². The summed E-state index contributed by atoms with van der Waals surface area (Å²) in [6.07, 6.45) is 14.6. The van der Waals surface area contributed by atoms with Gasteiger partial charge in [-0.15, -0.1) is 0 Å². The van der Waals surface area contributed by atoms with Crippen LogP contribution in [0.2, 0.25) is 0 Å². The van der Waals surface area contributed by atoms with Crippen molar-refractivity contribution in [1.82, 2.24) is 0 Å². The number of aliphatic hydroxyl groups is 2. The summed E-state index contributed by atoms with van der Waals surface area (Å²) in [5.41, 5.74) is 0.181. The van der Waals surface area contributed by atoms with Crippen LogP contribution in [-0.4, -0.2) is 102 Å². The van der Waals surface area contributed by atoms with Crippen LogP contribution in [0.3, 0.4) is 0 Å². The van der Waals surface area contributed by atoms with Gasteiger partial charge in [0.05, 0.1) is 43.4 Å². The van der Waals surface area contributed by atoms with Crippen molar-refractivity contribution in [3.05, 3.63) is 71.6 Å². The van der Waals surface area contributed by atoms with Gasteiger partial charge in [-0.2, -0.15) is 0 Å². The van der Waals surface area contributed by atoms with E-state index in [2.05, 4.69) is 39.8 Å². The average molecular weight is 797 g/mol. The van der Waals surface area contributed by atoms with E-state index in [1.54, 1.807) is 26.2 Å². The zero-order valence-corrected chi connectivity index (χ0v) is 35.0. The third-order valence-electron chi connectivity index (χ3n) is 12.7. The fourth-order valence-corrected chi connectivity index (χ4v) is 9.54. The number of fused-ring (bicyclic) bond motifs is 2. The molecule has 0 radical (unpaired) electrons. The zero-order valence-electron chi connectivity index (χ0n) is 35.0. The molecule has 0 aromatic carbocycles. The molecule has 2 bridgehead atoms. The van der Waals surface area contributed by atoms with Crippen LogP contribution in [0.25, 0.3) is 0 Å². The number of methoxy groups -OCH3 is 1. The monoisotopic (exact) mass is 796 g/mol. The predicted molar refractivity (Wildman–Crippen MR) is 211 cm³/mol. The zero-order chi connectivity index (χ0) is 41.2. The highest BCUT2D eigenvalue weighted by Crippen LogP contribution is 2.47. The Balaban J connectivity index is 1.33. The molecule has 1 spiro atoms. The molecule has 3 fully saturated rings. The molecule has 12 heteroatoms. The number of aliphatic hydroxyl groups excluding tert-OH is 1. The lowest BCUT2D eigenvalue weighted by molar-refractivity contribution is -0.299. The van der Waals surface area contributed by atoms with Gasteiger partial charge in [-0.05, 0) is 68.4 Å². The van der Waals surface area contributed by atoms with E-state index in [0.29, 0.717) is 43.3 Å². The molecular formula is C45H64O12. The Labute approximate surface area is 337 Å². The van der Waals surface area contributed by atoms with Gasteiger partial charge in [-0.3, -0.25) is 9.59 Å². The van der Waals surface area contributed by atoms with E-state index < -0.39 is 54.0 Å². The molecular weight excluding hydrogens is 732 g/mol. The van der Waals surface area contributed by atoms with E-state index in [1.165, 1.54) is 13.2 Å². The molecule has 5 heterocycles. The summed E-state index contributed by atoms with van der Waals surface area (Å²) < 4.78 is 50.2. The van der Waals surface area contributed by atoms with Gasteiger partial charge in [-0.1, -0.05) is 64.2 Å². The van der Waals surface area contributed by atoms with E-state index in [4.69, 9.17) is 37.9 Å². The van der Waals surface area contributed by atoms with Gasteiger partial charge < -0.3 is 48.1 Å². The smallest absolute Gasteiger partial charge is 0.316 e. The summed E-state index contributed by atoms with van der Waals surface area (Å²) in [7, 11) is 1.69. The molecule has 0 saturated carbocycles. The Morgan fingerprint density at radius 1 is 1.07 bits per heavy atom. The quantitative estimate of drug-likeness (QED) is 0.172. The van der Waals surface area contributed by atoms with Gasteiger partial charge >= 0.3 is 11.9 Å². The van der Waals surface area contributed by atoms with Crippen LogP contribution < -0.4 is 0 Å². The van der Waals surface area contributed by atoms with Gasteiger partial charge in [0.15, 0.2) is 12.1 Å². The second kappa shape index (κ2) is 18.1. The van der Waals surface area contributed by atoms with Crippen LogP contribution in [0, 0.1) is 29.6 Å². The minimum atomic E-state index is -1.82. The maximum absolute atomic E-state index is 14.2. The number of carbonyl (C=O) groups excluding carboxylic acids is 2. The van der Waals surface area contributed by atoms with Crippen LogP contribution in [0.5, 0.6) is 0 Å². The summed E-state index contributed by atoms with van der Waals surface area (Å²) in [5.74, 6) is -2.89. The maximum atomic E-state index is 14.2.